The minimum absolute atomic E-state index is 0. The van der Waals surface area contributed by atoms with Gasteiger partial charge in [-0.1, -0.05) is 12.8 Å². The van der Waals surface area contributed by atoms with Crippen molar-refractivity contribution >= 4 is 17.8 Å². The summed E-state index contributed by atoms with van der Waals surface area (Å²) in [7, 11) is 0. The normalized spacial score (nSPS) is 16.5. The van der Waals surface area contributed by atoms with Gasteiger partial charge in [0.25, 0.3) is 0 Å². The number of urea groups is 1. The first-order valence-corrected chi connectivity index (χ1v) is 6.96. The van der Waals surface area contributed by atoms with Crippen LogP contribution < -0.4 is 27.9 Å². The van der Waals surface area contributed by atoms with Gasteiger partial charge in [0.2, 0.25) is 11.8 Å². The molecule has 0 aliphatic carbocycles. The van der Waals surface area contributed by atoms with E-state index in [0.29, 0.717) is 13.0 Å². The Kier molecular flexibility index (Phi) is 8.00. The number of hydrogen-bond acceptors (Lipinski definition) is 3. The van der Waals surface area contributed by atoms with Crippen molar-refractivity contribution in [2.45, 2.75) is 33.6 Å². The Hall–Kier alpha value is -1.58. The summed E-state index contributed by atoms with van der Waals surface area (Å²) in [5.41, 5.74) is -1.25. The smallest absolute Gasteiger partial charge is 0.328 e. The van der Waals surface area contributed by atoms with Crippen molar-refractivity contribution in [1.82, 2.24) is 10.6 Å². The predicted octanol–water partition coefficient (Wildman–Crippen LogP) is -3.93. The van der Waals surface area contributed by atoms with Crippen LogP contribution in [0.1, 0.15) is 33.6 Å². The van der Waals surface area contributed by atoms with E-state index in [0.717, 1.165) is 13.1 Å². The average Bonchev–Trinajstić information content (AvgIpc) is 2.42. The molecule has 1 saturated heterocycles. The fourth-order valence-corrected chi connectivity index (χ4v) is 2.09. The van der Waals surface area contributed by atoms with Crippen LogP contribution in [0.4, 0.5) is 4.79 Å². The monoisotopic (exact) mass is 315 g/mol. The highest BCUT2D eigenvalue weighted by atomic mass is 35.5. The Morgan fingerprint density at radius 1 is 1.00 bits per heavy atom. The number of carbonyl (C=O) groups is 3. The Labute approximate surface area is 131 Å². The lowest BCUT2D eigenvalue weighted by Crippen LogP contribution is -3.11. The quantitative estimate of drug-likeness (QED) is 0.358. The Morgan fingerprint density at radius 2 is 1.52 bits per heavy atom. The third kappa shape index (κ3) is 4.45. The predicted molar refractivity (Wildman–Crippen MR) is 73.7 cm³/mol. The van der Waals surface area contributed by atoms with Gasteiger partial charge in [0.15, 0.2) is 0 Å². The Bertz CT molecular complexity index is 444. The second-order valence-electron chi connectivity index (χ2n) is 4.84. The van der Waals surface area contributed by atoms with Crippen molar-refractivity contribution in [2.75, 3.05) is 19.6 Å². The first-order chi connectivity index (χ1) is 9.50. The fraction of sp³-hybridized carbons (Fsp3) is 0.643. The SMILES string of the molecule is CC[NH+](CC)CC#CCC1(CC)C(=O)NC(=O)NC1=O.[Cl-]. The van der Waals surface area contributed by atoms with Gasteiger partial charge in [-0.15, -0.1) is 0 Å². The zero-order chi connectivity index (χ0) is 15.2. The minimum Gasteiger partial charge on any atom is -1.00 e. The van der Waals surface area contributed by atoms with Gasteiger partial charge in [0.1, 0.15) is 12.0 Å². The van der Waals surface area contributed by atoms with Gasteiger partial charge in [-0.05, 0) is 26.2 Å². The van der Waals surface area contributed by atoms with Crippen molar-refractivity contribution in [2.24, 2.45) is 5.41 Å². The first kappa shape index (κ1) is 19.4. The summed E-state index contributed by atoms with van der Waals surface area (Å²) in [6.07, 6.45) is 0.444. The summed E-state index contributed by atoms with van der Waals surface area (Å²) in [6.45, 7) is 8.57. The molecular formula is C14H22ClN3O3. The van der Waals surface area contributed by atoms with E-state index < -0.39 is 23.3 Å². The standard InChI is InChI=1S/C14H21N3O3.ClH/c1-4-14(9-7-8-10-17(5-2)6-3)11(18)15-13(20)16-12(14)19;/h4-6,9-10H2,1-3H3,(H2,15,16,18,19,20);1H. The molecule has 4 amide bonds. The molecule has 0 bridgehead atoms. The van der Waals surface area contributed by atoms with Crippen LogP contribution in [0.2, 0.25) is 0 Å². The van der Waals surface area contributed by atoms with Gasteiger partial charge in [-0.25, -0.2) is 4.79 Å². The van der Waals surface area contributed by atoms with Gasteiger partial charge in [0, 0.05) is 6.42 Å². The summed E-state index contributed by atoms with van der Waals surface area (Å²) in [4.78, 5) is 36.3. The third-order valence-corrected chi connectivity index (χ3v) is 3.78. The average molecular weight is 316 g/mol. The van der Waals surface area contributed by atoms with Crippen LogP contribution in [0.15, 0.2) is 0 Å². The summed E-state index contributed by atoms with van der Waals surface area (Å²) < 4.78 is 0. The van der Waals surface area contributed by atoms with Crippen molar-refractivity contribution in [1.29, 1.82) is 0 Å². The molecule has 118 valence electrons. The molecule has 1 aliphatic heterocycles. The molecule has 1 heterocycles. The number of hydrogen-bond donors (Lipinski definition) is 3. The van der Waals surface area contributed by atoms with Crippen molar-refractivity contribution < 1.29 is 31.7 Å². The van der Waals surface area contributed by atoms with Crippen LogP contribution >= 0.6 is 0 Å². The minimum atomic E-state index is -1.25. The number of nitrogens with one attached hydrogen (secondary N) is 3. The molecule has 1 aliphatic rings. The molecule has 0 atom stereocenters. The van der Waals surface area contributed by atoms with E-state index >= 15 is 0 Å². The van der Waals surface area contributed by atoms with Crippen LogP contribution in [-0.4, -0.2) is 37.5 Å². The van der Waals surface area contributed by atoms with Crippen molar-refractivity contribution in [3.63, 3.8) is 0 Å². The second-order valence-corrected chi connectivity index (χ2v) is 4.84. The van der Waals surface area contributed by atoms with Gasteiger partial charge >= 0.3 is 6.03 Å². The number of quaternary nitrogens is 1. The van der Waals surface area contributed by atoms with Crippen LogP contribution in [0.25, 0.3) is 0 Å². The number of carbonyl (C=O) groups excluding carboxylic acids is 3. The Morgan fingerprint density at radius 3 is 1.95 bits per heavy atom. The van der Waals surface area contributed by atoms with Crippen molar-refractivity contribution in [3.8, 4) is 11.8 Å². The molecule has 1 fully saturated rings. The topological polar surface area (TPSA) is 79.7 Å². The van der Waals surface area contributed by atoms with Crippen LogP contribution in [-0.2, 0) is 9.59 Å². The molecule has 0 aromatic rings. The maximum Gasteiger partial charge on any atom is 0.328 e. The highest BCUT2D eigenvalue weighted by Crippen LogP contribution is 2.28. The Balaban J connectivity index is 0.00000400. The van der Waals surface area contributed by atoms with Gasteiger partial charge < -0.3 is 17.3 Å². The van der Waals surface area contributed by atoms with Gasteiger partial charge in [0.05, 0.1) is 13.1 Å². The lowest BCUT2D eigenvalue weighted by atomic mass is 9.79. The summed E-state index contributed by atoms with van der Waals surface area (Å²) in [5, 5.41) is 4.28. The fourth-order valence-electron chi connectivity index (χ4n) is 2.09. The molecule has 0 saturated carbocycles. The molecule has 1 rings (SSSR count). The highest BCUT2D eigenvalue weighted by Gasteiger charge is 2.48. The van der Waals surface area contributed by atoms with Crippen LogP contribution in [0, 0.1) is 17.3 Å². The molecule has 0 spiro atoms. The van der Waals surface area contributed by atoms with Crippen molar-refractivity contribution in [3.05, 3.63) is 0 Å². The first-order valence-electron chi connectivity index (χ1n) is 6.96. The number of barbiturate groups is 1. The zero-order valence-corrected chi connectivity index (χ0v) is 13.4. The summed E-state index contributed by atoms with van der Waals surface area (Å²) in [5.74, 6) is 4.82. The molecular weight excluding hydrogens is 294 g/mol. The maximum absolute atomic E-state index is 11.9. The number of amides is 4. The molecule has 6 nitrogen and oxygen atoms in total. The van der Waals surface area contributed by atoms with E-state index in [1.807, 2.05) is 0 Å². The molecule has 0 aromatic heterocycles. The lowest BCUT2D eigenvalue weighted by molar-refractivity contribution is -0.889. The number of rotatable bonds is 5. The molecule has 0 aromatic carbocycles. The number of imide groups is 2. The summed E-state index contributed by atoms with van der Waals surface area (Å²) >= 11 is 0. The molecule has 21 heavy (non-hydrogen) atoms. The molecule has 3 N–H and O–H groups in total. The van der Waals surface area contributed by atoms with E-state index in [9.17, 15) is 14.4 Å². The van der Waals surface area contributed by atoms with E-state index in [1.54, 1.807) is 6.92 Å². The van der Waals surface area contributed by atoms with E-state index in [-0.39, 0.29) is 18.8 Å². The summed E-state index contributed by atoms with van der Waals surface area (Å²) in [6, 6.07) is -0.760. The molecule has 7 heteroatoms. The van der Waals surface area contributed by atoms with Gasteiger partial charge in [-0.2, -0.15) is 0 Å². The lowest BCUT2D eigenvalue weighted by Gasteiger charge is -2.31. The second kappa shape index (κ2) is 8.65. The largest absolute Gasteiger partial charge is 1.00 e. The van der Waals surface area contributed by atoms with E-state index in [2.05, 4.69) is 36.3 Å². The van der Waals surface area contributed by atoms with E-state index in [1.165, 1.54) is 4.90 Å². The maximum atomic E-state index is 11.9. The third-order valence-electron chi connectivity index (χ3n) is 3.78. The number of halogens is 1. The molecule has 0 unspecified atom stereocenters. The van der Waals surface area contributed by atoms with Gasteiger partial charge in [-0.3, -0.25) is 20.2 Å². The molecule has 0 radical (unpaired) electrons. The van der Waals surface area contributed by atoms with Crippen LogP contribution in [0.5, 0.6) is 0 Å². The zero-order valence-electron chi connectivity index (χ0n) is 12.6. The van der Waals surface area contributed by atoms with Crippen LogP contribution in [0.3, 0.4) is 0 Å². The highest BCUT2D eigenvalue weighted by molar-refractivity contribution is 6.19. The van der Waals surface area contributed by atoms with E-state index in [4.69, 9.17) is 0 Å².